The second-order valence-electron chi connectivity index (χ2n) is 4.25. The van der Waals surface area contributed by atoms with Gasteiger partial charge in [0, 0.05) is 18.7 Å². The Bertz CT molecular complexity index is 437. The highest BCUT2D eigenvalue weighted by Gasteiger charge is 2.29. The van der Waals surface area contributed by atoms with Crippen LogP contribution in [0.5, 0.6) is 0 Å². The summed E-state index contributed by atoms with van der Waals surface area (Å²) in [6.45, 7) is 0. The Balaban J connectivity index is 1.94. The van der Waals surface area contributed by atoms with Crippen LogP contribution >= 0.6 is 27.5 Å². The van der Waals surface area contributed by atoms with E-state index in [0.717, 1.165) is 12.8 Å². The number of halogens is 2. The van der Waals surface area contributed by atoms with Gasteiger partial charge in [-0.05, 0) is 40.8 Å². The summed E-state index contributed by atoms with van der Waals surface area (Å²) in [5.41, 5.74) is 6.46. The highest BCUT2D eigenvalue weighted by atomic mass is 79.9. The molecule has 0 aliphatic heterocycles. The van der Waals surface area contributed by atoms with Crippen LogP contribution in [-0.4, -0.2) is 16.9 Å². The number of carbonyl (C=O) groups excluding carboxylic acids is 1. The Hall–Kier alpha value is -0.650. The maximum atomic E-state index is 11.7. The molecular weight excluding hydrogens is 305 g/mol. The lowest BCUT2D eigenvalue weighted by atomic mass is 10.1. The summed E-state index contributed by atoms with van der Waals surface area (Å²) >= 11 is 9.06. The molecule has 1 unspecified atom stereocenters. The molecule has 3 N–H and O–H groups in total. The van der Waals surface area contributed by atoms with Gasteiger partial charge in [0.2, 0.25) is 5.91 Å². The maximum Gasteiger partial charge on any atom is 0.226 e. The lowest BCUT2D eigenvalue weighted by Crippen LogP contribution is -2.28. The van der Waals surface area contributed by atoms with Crippen LogP contribution < -0.4 is 11.1 Å². The van der Waals surface area contributed by atoms with Crippen LogP contribution in [-0.2, 0) is 4.79 Å². The van der Waals surface area contributed by atoms with E-state index in [9.17, 15) is 4.79 Å². The van der Waals surface area contributed by atoms with Crippen LogP contribution in [0.1, 0.15) is 19.3 Å². The van der Waals surface area contributed by atoms with Crippen LogP contribution in [0.15, 0.2) is 16.9 Å². The lowest BCUT2D eigenvalue weighted by Gasteiger charge is -2.11. The smallest absolute Gasteiger partial charge is 0.226 e. The number of amides is 1. The normalized spacial score (nSPS) is 16.6. The highest BCUT2D eigenvalue weighted by molar-refractivity contribution is 9.10. The molecule has 1 heterocycles. The Morgan fingerprint density at radius 1 is 1.71 bits per heavy atom. The monoisotopic (exact) mass is 317 g/mol. The van der Waals surface area contributed by atoms with Crippen LogP contribution in [0.4, 0.5) is 5.69 Å². The molecule has 1 atom stereocenters. The van der Waals surface area contributed by atoms with Crippen molar-refractivity contribution >= 4 is 39.1 Å². The first-order valence-electron chi connectivity index (χ1n) is 5.42. The number of aromatic nitrogens is 1. The molecule has 1 aliphatic carbocycles. The number of nitrogens with one attached hydrogen (secondary N) is 1. The third-order valence-electron chi connectivity index (χ3n) is 2.73. The van der Waals surface area contributed by atoms with Crippen LogP contribution in [0.3, 0.4) is 0 Å². The first-order valence-corrected chi connectivity index (χ1v) is 6.60. The van der Waals surface area contributed by atoms with Gasteiger partial charge >= 0.3 is 0 Å². The second kappa shape index (κ2) is 5.33. The molecule has 0 spiro atoms. The number of nitrogens with two attached hydrogens (primary N) is 1. The number of anilines is 1. The molecule has 4 nitrogen and oxygen atoms in total. The molecule has 1 fully saturated rings. The quantitative estimate of drug-likeness (QED) is 0.838. The fourth-order valence-corrected chi connectivity index (χ4v) is 2.09. The van der Waals surface area contributed by atoms with Crippen LogP contribution in [0.2, 0.25) is 5.02 Å². The molecule has 0 radical (unpaired) electrons. The SMILES string of the molecule is NC(CC(=O)Nc1cc(Cl)cnc1Br)C1CC1. The van der Waals surface area contributed by atoms with Gasteiger partial charge < -0.3 is 11.1 Å². The molecule has 17 heavy (non-hydrogen) atoms. The predicted molar refractivity (Wildman–Crippen MR) is 70.9 cm³/mol. The largest absolute Gasteiger partial charge is 0.327 e. The topological polar surface area (TPSA) is 68.0 Å². The number of carbonyl (C=O) groups is 1. The van der Waals surface area contributed by atoms with E-state index in [1.54, 1.807) is 6.07 Å². The molecule has 1 aromatic rings. The molecule has 0 aromatic carbocycles. The number of hydrogen-bond acceptors (Lipinski definition) is 3. The van der Waals surface area contributed by atoms with Crippen molar-refractivity contribution in [3.63, 3.8) is 0 Å². The summed E-state index contributed by atoms with van der Waals surface area (Å²) in [4.78, 5) is 15.7. The van der Waals surface area contributed by atoms with Crippen molar-refractivity contribution in [1.82, 2.24) is 4.98 Å². The summed E-state index contributed by atoms with van der Waals surface area (Å²) in [6.07, 6.45) is 4.12. The van der Waals surface area contributed by atoms with Gasteiger partial charge in [0.15, 0.2) is 0 Å². The van der Waals surface area contributed by atoms with Crippen LogP contribution in [0.25, 0.3) is 0 Å². The zero-order chi connectivity index (χ0) is 12.4. The van der Waals surface area contributed by atoms with Gasteiger partial charge in [-0.15, -0.1) is 0 Å². The van der Waals surface area contributed by atoms with Crippen molar-refractivity contribution in [3.05, 3.63) is 21.9 Å². The summed E-state index contributed by atoms with van der Waals surface area (Å²) < 4.78 is 0.565. The van der Waals surface area contributed by atoms with E-state index in [1.165, 1.54) is 6.20 Å². The molecule has 0 bridgehead atoms. The molecule has 6 heteroatoms. The van der Waals surface area contributed by atoms with E-state index in [1.807, 2.05) is 0 Å². The Morgan fingerprint density at radius 2 is 2.41 bits per heavy atom. The number of rotatable bonds is 4. The third kappa shape index (κ3) is 3.66. The van der Waals surface area contributed by atoms with E-state index < -0.39 is 0 Å². The van der Waals surface area contributed by atoms with Gasteiger partial charge in [-0.3, -0.25) is 4.79 Å². The fraction of sp³-hybridized carbons (Fsp3) is 0.455. The average Bonchev–Trinajstić information content (AvgIpc) is 3.06. The number of hydrogen-bond donors (Lipinski definition) is 2. The average molecular weight is 319 g/mol. The molecule has 1 aromatic heterocycles. The minimum absolute atomic E-state index is 0.0408. The second-order valence-corrected chi connectivity index (χ2v) is 5.43. The minimum atomic E-state index is -0.103. The van der Waals surface area contributed by atoms with Gasteiger partial charge in [0.05, 0.1) is 10.7 Å². The molecule has 0 saturated heterocycles. The zero-order valence-corrected chi connectivity index (χ0v) is 11.5. The van der Waals surface area contributed by atoms with Gasteiger partial charge in [-0.25, -0.2) is 4.98 Å². The Morgan fingerprint density at radius 3 is 3.06 bits per heavy atom. The van der Waals surface area contributed by atoms with Gasteiger partial charge in [-0.2, -0.15) is 0 Å². The van der Waals surface area contributed by atoms with Crippen molar-refractivity contribution in [3.8, 4) is 0 Å². The maximum absolute atomic E-state index is 11.7. The van der Waals surface area contributed by atoms with Gasteiger partial charge in [0.25, 0.3) is 0 Å². The standard InChI is InChI=1S/C11H13BrClN3O/c12-11-9(3-7(13)5-15-11)16-10(17)4-8(14)6-1-2-6/h3,5-6,8H,1-2,4,14H2,(H,16,17). The Labute approximate surface area is 113 Å². The van der Waals surface area contributed by atoms with E-state index in [4.69, 9.17) is 17.3 Å². The first kappa shape index (κ1) is 12.8. The summed E-state index contributed by atoms with van der Waals surface area (Å²) in [7, 11) is 0. The highest BCUT2D eigenvalue weighted by Crippen LogP contribution is 2.33. The fourth-order valence-electron chi connectivity index (χ4n) is 1.62. The van der Waals surface area contributed by atoms with Crippen molar-refractivity contribution in [2.75, 3.05) is 5.32 Å². The van der Waals surface area contributed by atoms with Gasteiger partial charge in [-0.1, -0.05) is 11.6 Å². The van der Waals surface area contributed by atoms with E-state index in [0.29, 0.717) is 27.7 Å². The van der Waals surface area contributed by atoms with E-state index in [-0.39, 0.29) is 11.9 Å². The zero-order valence-electron chi connectivity index (χ0n) is 9.12. The van der Waals surface area contributed by atoms with E-state index >= 15 is 0 Å². The van der Waals surface area contributed by atoms with Crippen molar-refractivity contribution in [2.24, 2.45) is 11.7 Å². The van der Waals surface area contributed by atoms with Crippen molar-refractivity contribution < 1.29 is 4.79 Å². The number of pyridine rings is 1. The molecule has 2 rings (SSSR count). The van der Waals surface area contributed by atoms with E-state index in [2.05, 4.69) is 26.2 Å². The van der Waals surface area contributed by atoms with Crippen LogP contribution in [0, 0.1) is 5.92 Å². The molecular formula is C11H13BrClN3O. The van der Waals surface area contributed by atoms with Gasteiger partial charge in [0.1, 0.15) is 4.60 Å². The molecule has 1 amide bonds. The summed E-state index contributed by atoms with van der Waals surface area (Å²) in [5.74, 6) is 0.413. The summed E-state index contributed by atoms with van der Waals surface area (Å²) in [6, 6.07) is 1.61. The molecule has 1 saturated carbocycles. The first-order chi connectivity index (χ1) is 8.06. The molecule has 1 aliphatic rings. The summed E-state index contributed by atoms with van der Waals surface area (Å²) in [5, 5.41) is 3.23. The number of nitrogens with zero attached hydrogens (tertiary/aromatic N) is 1. The van der Waals surface area contributed by atoms with Crippen molar-refractivity contribution in [1.29, 1.82) is 0 Å². The third-order valence-corrected chi connectivity index (χ3v) is 3.57. The predicted octanol–water partition coefficient (Wildman–Crippen LogP) is 2.56. The minimum Gasteiger partial charge on any atom is -0.327 e. The van der Waals surface area contributed by atoms with Crippen molar-refractivity contribution in [2.45, 2.75) is 25.3 Å². The molecule has 92 valence electrons. The lowest BCUT2D eigenvalue weighted by molar-refractivity contribution is -0.116. The Kier molecular flexibility index (Phi) is 4.01.